The molecule has 0 fully saturated rings. The topological polar surface area (TPSA) is 88.7 Å². The number of para-hydroxylation sites is 1. The van der Waals surface area contributed by atoms with Gasteiger partial charge in [0.2, 0.25) is 0 Å². The average molecular weight is 421 g/mol. The predicted molar refractivity (Wildman–Crippen MR) is 121 cm³/mol. The number of nitrogens with zero attached hydrogens (tertiary/aromatic N) is 4. The van der Waals surface area contributed by atoms with Crippen LogP contribution in [0.25, 0.3) is 11.4 Å². The van der Waals surface area contributed by atoms with Gasteiger partial charge < -0.3 is 5.32 Å². The first-order valence-electron chi connectivity index (χ1n) is 10.2. The van der Waals surface area contributed by atoms with Crippen LogP contribution < -0.4 is 5.32 Å². The third-order valence-corrected chi connectivity index (χ3v) is 5.48. The highest BCUT2D eigenvalue weighted by molar-refractivity contribution is 6.05. The Hall–Kier alpha value is -4.39. The Morgan fingerprint density at radius 3 is 2.56 bits per heavy atom. The second-order valence-corrected chi connectivity index (χ2v) is 7.49. The first-order valence-corrected chi connectivity index (χ1v) is 10.2. The van der Waals surface area contributed by atoms with Gasteiger partial charge in [-0.1, -0.05) is 54.6 Å². The number of hydrogen-bond donors (Lipinski definition) is 1. The van der Waals surface area contributed by atoms with Gasteiger partial charge in [-0.2, -0.15) is 5.10 Å². The first-order chi connectivity index (χ1) is 15.6. The minimum absolute atomic E-state index is 0.233. The van der Waals surface area contributed by atoms with Crippen LogP contribution in [-0.2, 0) is 4.79 Å². The van der Waals surface area contributed by atoms with Crippen LogP contribution in [0.2, 0.25) is 0 Å². The molecule has 32 heavy (non-hydrogen) atoms. The summed E-state index contributed by atoms with van der Waals surface area (Å²) in [5.41, 5.74) is 5.12. The molecule has 1 aliphatic heterocycles. The number of carbonyl (C=O) groups is 2. The molecule has 5 rings (SSSR count). The Kier molecular flexibility index (Phi) is 4.91. The second kappa shape index (κ2) is 8.03. The standard InChI is InChI=1S/C25H19N5O2/c1-16-22(15-26-30(16)19-7-3-2-4-8-19)24(31)27-18-13-11-17(12-14-18)23-20-9-5-6-10-21(20)25(32)29-28-23/h2-15,21H,1H3,(H,27,31). The van der Waals surface area contributed by atoms with Crippen LogP contribution in [0.4, 0.5) is 5.69 Å². The number of rotatable bonds is 4. The molecule has 2 aliphatic rings. The third kappa shape index (κ3) is 3.50. The Morgan fingerprint density at radius 2 is 1.78 bits per heavy atom. The summed E-state index contributed by atoms with van der Waals surface area (Å²) in [4.78, 5) is 24.8. The van der Waals surface area contributed by atoms with Gasteiger partial charge in [0.15, 0.2) is 0 Å². The number of azo groups is 1. The normalized spacial score (nSPS) is 16.9. The van der Waals surface area contributed by atoms with Crippen LogP contribution in [0.15, 0.2) is 101 Å². The van der Waals surface area contributed by atoms with E-state index in [4.69, 9.17) is 0 Å². The summed E-state index contributed by atoms with van der Waals surface area (Å²) in [6.07, 6.45) is 9.00. The molecule has 156 valence electrons. The number of allylic oxidation sites excluding steroid dienone is 3. The van der Waals surface area contributed by atoms with E-state index in [1.807, 2.05) is 73.7 Å². The quantitative estimate of drug-likeness (QED) is 0.651. The van der Waals surface area contributed by atoms with Crippen molar-refractivity contribution < 1.29 is 9.59 Å². The molecule has 1 unspecified atom stereocenters. The highest BCUT2D eigenvalue weighted by Crippen LogP contribution is 2.34. The second-order valence-electron chi connectivity index (χ2n) is 7.49. The van der Waals surface area contributed by atoms with Crippen molar-refractivity contribution in [3.05, 3.63) is 107 Å². The van der Waals surface area contributed by atoms with E-state index in [1.165, 1.54) is 0 Å². The van der Waals surface area contributed by atoms with Crippen molar-refractivity contribution in [3.8, 4) is 5.69 Å². The van der Waals surface area contributed by atoms with Crippen LogP contribution >= 0.6 is 0 Å². The molecule has 1 aliphatic carbocycles. The number of benzene rings is 2. The van der Waals surface area contributed by atoms with Gasteiger partial charge in [-0.15, -0.1) is 10.2 Å². The van der Waals surface area contributed by atoms with E-state index >= 15 is 0 Å². The zero-order valence-electron chi connectivity index (χ0n) is 17.3. The number of amides is 2. The third-order valence-electron chi connectivity index (χ3n) is 5.48. The molecule has 7 nitrogen and oxygen atoms in total. The Morgan fingerprint density at radius 1 is 1.00 bits per heavy atom. The van der Waals surface area contributed by atoms with Crippen LogP contribution in [-0.4, -0.2) is 21.6 Å². The minimum Gasteiger partial charge on any atom is -0.322 e. The van der Waals surface area contributed by atoms with Crippen molar-refractivity contribution in [1.82, 2.24) is 9.78 Å². The molecular weight excluding hydrogens is 402 g/mol. The summed E-state index contributed by atoms with van der Waals surface area (Å²) in [7, 11) is 0. The van der Waals surface area contributed by atoms with Gasteiger partial charge in [0.1, 0.15) is 0 Å². The highest BCUT2D eigenvalue weighted by atomic mass is 16.2. The number of hydrogen-bond acceptors (Lipinski definition) is 4. The zero-order chi connectivity index (χ0) is 22.1. The smallest absolute Gasteiger partial charge is 0.276 e. The van der Waals surface area contributed by atoms with Crippen molar-refractivity contribution in [2.45, 2.75) is 6.92 Å². The molecule has 0 bridgehead atoms. The van der Waals surface area contributed by atoms with Crippen LogP contribution in [0.1, 0.15) is 21.6 Å². The van der Waals surface area contributed by atoms with Gasteiger partial charge in [-0.3, -0.25) is 9.59 Å². The maximum Gasteiger partial charge on any atom is 0.276 e. The molecule has 1 atom stereocenters. The lowest BCUT2D eigenvalue weighted by Crippen LogP contribution is -2.17. The number of aromatic nitrogens is 2. The van der Waals surface area contributed by atoms with E-state index in [9.17, 15) is 9.59 Å². The van der Waals surface area contributed by atoms with Crippen molar-refractivity contribution >= 4 is 23.2 Å². The van der Waals surface area contributed by atoms with Crippen molar-refractivity contribution in [1.29, 1.82) is 0 Å². The molecule has 0 radical (unpaired) electrons. The summed E-state index contributed by atoms with van der Waals surface area (Å²) in [5.74, 6) is -0.890. The van der Waals surface area contributed by atoms with Gasteiger partial charge in [0.25, 0.3) is 11.8 Å². The summed E-state index contributed by atoms with van der Waals surface area (Å²) < 4.78 is 1.74. The van der Waals surface area contributed by atoms with Crippen LogP contribution in [0, 0.1) is 12.8 Å². The molecule has 3 aromatic rings. The fourth-order valence-electron chi connectivity index (χ4n) is 3.80. The first kappa shape index (κ1) is 19.6. The molecule has 1 N–H and O–H groups in total. The Labute approximate surface area is 184 Å². The molecule has 2 amide bonds. The summed E-state index contributed by atoms with van der Waals surface area (Å²) in [6, 6.07) is 17.0. The van der Waals surface area contributed by atoms with Crippen molar-refractivity contribution in [3.63, 3.8) is 0 Å². The molecule has 0 saturated carbocycles. The molecular formula is C25H19N5O2. The largest absolute Gasteiger partial charge is 0.322 e. The molecule has 2 aromatic carbocycles. The maximum atomic E-state index is 12.8. The monoisotopic (exact) mass is 421 g/mol. The van der Waals surface area contributed by atoms with E-state index in [2.05, 4.69) is 20.6 Å². The van der Waals surface area contributed by atoms with Gasteiger partial charge in [0, 0.05) is 11.3 Å². The summed E-state index contributed by atoms with van der Waals surface area (Å²) in [5, 5.41) is 15.2. The number of carbonyl (C=O) groups excluding carboxylic acids is 2. The highest BCUT2D eigenvalue weighted by Gasteiger charge is 2.27. The van der Waals surface area contributed by atoms with E-state index in [0.717, 1.165) is 22.5 Å². The van der Waals surface area contributed by atoms with E-state index < -0.39 is 5.92 Å². The lowest BCUT2D eigenvalue weighted by atomic mass is 9.89. The molecule has 2 heterocycles. The van der Waals surface area contributed by atoms with E-state index in [-0.39, 0.29) is 11.8 Å². The Balaban J connectivity index is 1.36. The molecule has 0 saturated heterocycles. The minimum atomic E-state index is -0.393. The van der Waals surface area contributed by atoms with Gasteiger partial charge >= 0.3 is 0 Å². The molecule has 1 aromatic heterocycles. The number of nitrogens with one attached hydrogen (secondary N) is 1. The van der Waals surface area contributed by atoms with Crippen LogP contribution in [0.3, 0.4) is 0 Å². The molecule has 0 spiro atoms. The number of fused-ring (bicyclic) bond motifs is 1. The van der Waals surface area contributed by atoms with E-state index in [1.54, 1.807) is 23.0 Å². The summed E-state index contributed by atoms with van der Waals surface area (Å²) in [6.45, 7) is 1.86. The lowest BCUT2D eigenvalue weighted by molar-refractivity contribution is -0.119. The zero-order valence-corrected chi connectivity index (χ0v) is 17.3. The summed E-state index contributed by atoms with van der Waals surface area (Å²) >= 11 is 0. The van der Waals surface area contributed by atoms with Crippen molar-refractivity contribution in [2.24, 2.45) is 16.1 Å². The van der Waals surface area contributed by atoms with Gasteiger partial charge in [-0.05, 0) is 36.8 Å². The SMILES string of the molecule is Cc1c(C(=O)Nc2ccc(C3=C4C=CC=CC4C(=O)N=N3)cc2)cnn1-c1ccccc1. The molecule has 7 heteroatoms. The maximum absolute atomic E-state index is 12.8. The van der Waals surface area contributed by atoms with Crippen LogP contribution in [0.5, 0.6) is 0 Å². The van der Waals surface area contributed by atoms with Gasteiger partial charge in [0.05, 0.1) is 34.8 Å². The predicted octanol–water partition coefficient (Wildman–Crippen LogP) is 4.88. The van der Waals surface area contributed by atoms with Gasteiger partial charge in [-0.25, -0.2) is 4.68 Å². The fourth-order valence-corrected chi connectivity index (χ4v) is 3.80. The van der Waals surface area contributed by atoms with E-state index in [0.29, 0.717) is 16.9 Å². The van der Waals surface area contributed by atoms with Crippen molar-refractivity contribution in [2.75, 3.05) is 5.32 Å². The number of anilines is 1. The Bertz CT molecular complexity index is 1330. The fraction of sp³-hybridized carbons (Fsp3) is 0.0800. The lowest BCUT2D eigenvalue weighted by Gasteiger charge is -2.19. The average Bonchev–Trinajstić information content (AvgIpc) is 3.22.